The van der Waals surface area contributed by atoms with E-state index in [9.17, 15) is 4.79 Å². The molecule has 4 rings (SSSR count). The van der Waals surface area contributed by atoms with Gasteiger partial charge in [0.1, 0.15) is 9.88 Å². The topological polar surface area (TPSA) is 60.5 Å². The molecule has 0 saturated carbocycles. The monoisotopic (exact) mass is 386 g/mol. The Balaban J connectivity index is 1.57. The third-order valence-electron chi connectivity index (χ3n) is 4.26. The molecule has 5 nitrogen and oxygen atoms in total. The lowest BCUT2D eigenvalue weighted by Gasteiger charge is -2.27. The number of carbonyl (C=O) groups is 1. The van der Waals surface area contributed by atoms with Gasteiger partial charge in [0.25, 0.3) is 5.91 Å². The minimum atomic E-state index is -0.558. The van der Waals surface area contributed by atoms with Crippen LogP contribution in [0.2, 0.25) is 0 Å². The predicted octanol–water partition coefficient (Wildman–Crippen LogP) is 4.57. The van der Waals surface area contributed by atoms with Gasteiger partial charge in [0.15, 0.2) is 11.5 Å². The molecule has 1 aromatic carbocycles. The van der Waals surface area contributed by atoms with Crippen molar-refractivity contribution < 1.29 is 14.3 Å². The van der Waals surface area contributed by atoms with Crippen LogP contribution in [0.15, 0.2) is 35.7 Å². The second-order valence-corrected chi connectivity index (χ2v) is 8.50. The first kappa shape index (κ1) is 17.1. The van der Waals surface area contributed by atoms with Crippen molar-refractivity contribution in [2.75, 3.05) is 6.79 Å². The Bertz CT molecular complexity index is 961. The van der Waals surface area contributed by atoms with E-state index in [1.807, 2.05) is 56.5 Å². The molecule has 3 aromatic rings. The highest BCUT2D eigenvalue weighted by atomic mass is 32.1. The Morgan fingerprint density at radius 2 is 2.04 bits per heavy atom. The highest BCUT2D eigenvalue weighted by Crippen LogP contribution is 2.36. The number of aromatic nitrogens is 1. The van der Waals surface area contributed by atoms with Gasteiger partial charge in [0, 0.05) is 0 Å². The summed E-state index contributed by atoms with van der Waals surface area (Å²) in [6.07, 6.45) is 0. The van der Waals surface area contributed by atoms with Crippen LogP contribution in [0.1, 0.15) is 34.8 Å². The van der Waals surface area contributed by atoms with E-state index in [1.165, 1.54) is 11.3 Å². The number of carbonyl (C=O) groups excluding carboxylic acids is 1. The normalized spacial score (nSPS) is 13.0. The summed E-state index contributed by atoms with van der Waals surface area (Å²) in [7, 11) is 0. The molecule has 1 aliphatic heterocycles. The predicted molar refractivity (Wildman–Crippen MR) is 103 cm³/mol. The maximum Gasteiger partial charge on any atom is 0.263 e. The van der Waals surface area contributed by atoms with Crippen LogP contribution in [0.25, 0.3) is 9.88 Å². The van der Waals surface area contributed by atoms with E-state index in [0.29, 0.717) is 10.6 Å². The number of thiophene rings is 1. The fraction of sp³-hybridized carbons (Fsp3) is 0.263. The summed E-state index contributed by atoms with van der Waals surface area (Å²) in [5, 5.41) is 6.00. The SMILES string of the molecule is Cc1nc(-c2cccs2)sc1C(=O)NC(C)(C)c1ccc2c(c1)OCO2. The van der Waals surface area contributed by atoms with Gasteiger partial charge in [-0.1, -0.05) is 12.1 Å². The summed E-state index contributed by atoms with van der Waals surface area (Å²) in [4.78, 5) is 19.2. The number of nitrogens with one attached hydrogen (secondary N) is 1. The molecule has 26 heavy (non-hydrogen) atoms. The lowest BCUT2D eigenvalue weighted by molar-refractivity contribution is 0.0915. The van der Waals surface area contributed by atoms with E-state index in [4.69, 9.17) is 9.47 Å². The molecule has 0 bridgehead atoms. The largest absolute Gasteiger partial charge is 0.454 e. The first-order valence-corrected chi connectivity index (χ1v) is 9.87. The number of benzene rings is 1. The molecule has 0 unspecified atom stereocenters. The molecule has 0 aliphatic carbocycles. The zero-order chi connectivity index (χ0) is 18.3. The number of nitrogens with zero attached hydrogens (tertiary/aromatic N) is 1. The lowest BCUT2D eigenvalue weighted by atomic mass is 9.93. The van der Waals surface area contributed by atoms with Crippen LogP contribution in [0.4, 0.5) is 0 Å². The maximum atomic E-state index is 12.9. The quantitative estimate of drug-likeness (QED) is 0.713. The summed E-state index contributed by atoms with van der Waals surface area (Å²) in [5.74, 6) is 1.32. The Morgan fingerprint density at radius 3 is 2.81 bits per heavy atom. The fourth-order valence-electron chi connectivity index (χ4n) is 2.81. The van der Waals surface area contributed by atoms with Gasteiger partial charge in [-0.15, -0.1) is 22.7 Å². The van der Waals surface area contributed by atoms with E-state index < -0.39 is 5.54 Å². The molecular weight excluding hydrogens is 368 g/mol. The number of aryl methyl sites for hydroxylation is 1. The highest BCUT2D eigenvalue weighted by Gasteiger charge is 2.28. The summed E-state index contributed by atoms with van der Waals surface area (Å²) >= 11 is 3.05. The van der Waals surface area contributed by atoms with Crippen molar-refractivity contribution in [1.29, 1.82) is 0 Å². The van der Waals surface area contributed by atoms with Crippen LogP contribution in [0.3, 0.4) is 0 Å². The summed E-state index contributed by atoms with van der Waals surface area (Å²) < 4.78 is 10.8. The van der Waals surface area contributed by atoms with E-state index >= 15 is 0 Å². The molecule has 0 fully saturated rings. The second-order valence-electron chi connectivity index (χ2n) is 6.56. The molecule has 0 spiro atoms. The van der Waals surface area contributed by atoms with Crippen LogP contribution in [0, 0.1) is 6.92 Å². The summed E-state index contributed by atoms with van der Waals surface area (Å²) in [6, 6.07) is 9.74. The molecule has 0 radical (unpaired) electrons. The third-order valence-corrected chi connectivity index (χ3v) is 6.45. The molecule has 1 amide bonds. The number of hydrogen-bond donors (Lipinski definition) is 1. The van der Waals surface area contributed by atoms with Crippen LogP contribution >= 0.6 is 22.7 Å². The number of thiazole rings is 1. The Kier molecular flexibility index (Phi) is 4.20. The van der Waals surface area contributed by atoms with Crippen molar-refractivity contribution in [2.24, 2.45) is 0 Å². The van der Waals surface area contributed by atoms with Crippen molar-refractivity contribution in [3.63, 3.8) is 0 Å². The average Bonchev–Trinajstić information content (AvgIpc) is 3.33. The minimum absolute atomic E-state index is 0.120. The van der Waals surface area contributed by atoms with Crippen LogP contribution in [-0.4, -0.2) is 17.7 Å². The van der Waals surface area contributed by atoms with Crippen LogP contribution in [0.5, 0.6) is 11.5 Å². The maximum absolute atomic E-state index is 12.9. The third kappa shape index (κ3) is 3.08. The highest BCUT2D eigenvalue weighted by molar-refractivity contribution is 7.22. The van der Waals surface area contributed by atoms with Crippen molar-refractivity contribution in [3.05, 3.63) is 51.8 Å². The zero-order valence-electron chi connectivity index (χ0n) is 14.7. The van der Waals surface area contributed by atoms with E-state index in [0.717, 1.165) is 26.9 Å². The van der Waals surface area contributed by atoms with Crippen molar-refractivity contribution in [3.8, 4) is 21.4 Å². The molecule has 2 aromatic heterocycles. The van der Waals surface area contributed by atoms with Crippen molar-refractivity contribution >= 4 is 28.6 Å². The average molecular weight is 386 g/mol. The number of hydrogen-bond acceptors (Lipinski definition) is 6. The molecule has 0 atom stereocenters. The molecular formula is C19H18N2O3S2. The number of amides is 1. The van der Waals surface area contributed by atoms with E-state index in [1.54, 1.807) is 11.3 Å². The van der Waals surface area contributed by atoms with Gasteiger partial charge in [0.05, 0.1) is 16.1 Å². The summed E-state index contributed by atoms with van der Waals surface area (Å²) in [5.41, 5.74) is 1.14. The van der Waals surface area contributed by atoms with Crippen LogP contribution in [-0.2, 0) is 5.54 Å². The van der Waals surface area contributed by atoms with E-state index in [2.05, 4.69) is 10.3 Å². The Hall–Kier alpha value is -2.38. The standard InChI is InChI=1S/C19H18N2O3S2/c1-11-16(26-18(20-11)15-5-4-8-25-15)17(22)21-19(2,3)12-6-7-13-14(9-12)24-10-23-13/h4-9H,10H2,1-3H3,(H,21,22). The van der Waals surface area contributed by atoms with Gasteiger partial charge in [-0.05, 0) is 49.9 Å². The molecule has 134 valence electrons. The smallest absolute Gasteiger partial charge is 0.263 e. The molecule has 1 N–H and O–H groups in total. The number of rotatable bonds is 4. The Labute approximate surface area is 159 Å². The van der Waals surface area contributed by atoms with Gasteiger partial charge in [0.2, 0.25) is 6.79 Å². The van der Waals surface area contributed by atoms with Crippen LogP contribution < -0.4 is 14.8 Å². The van der Waals surface area contributed by atoms with E-state index in [-0.39, 0.29) is 12.7 Å². The van der Waals surface area contributed by atoms with Crippen molar-refractivity contribution in [1.82, 2.24) is 10.3 Å². The minimum Gasteiger partial charge on any atom is -0.454 e. The molecule has 1 aliphatic rings. The summed E-state index contributed by atoms with van der Waals surface area (Å²) in [6.45, 7) is 6.05. The number of fused-ring (bicyclic) bond motifs is 1. The first-order chi connectivity index (χ1) is 12.4. The van der Waals surface area contributed by atoms with Gasteiger partial charge < -0.3 is 14.8 Å². The van der Waals surface area contributed by atoms with Crippen molar-refractivity contribution in [2.45, 2.75) is 26.3 Å². The molecule has 0 saturated heterocycles. The van der Waals surface area contributed by atoms with Gasteiger partial charge in [-0.3, -0.25) is 4.79 Å². The van der Waals surface area contributed by atoms with Gasteiger partial charge in [-0.25, -0.2) is 4.98 Å². The second kappa shape index (κ2) is 6.41. The zero-order valence-corrected chi connectivity index (χ0v) is 16.3. The Morgan fingerprint density at radius 1 is 1.23 bits per heavy atom. The first-order valence-electron chi connectivity index (χ1n) is 8.18. The lowest BCUT2D eigenvalue weighted by Crippen LogP contribution is -2.40. The fourth-order valence-corrected chi connectivity index (χ4v) is 4.57. The molecule has 7 heteroatoms. The molecule has 3 heterocycles. The van der Waals surface area contributed by atoms with Gasteiger partial charge >= 0.3 is 0 Å². The van der Waals surface area contributed by atoms with Gasteiger partial charge in [-0.2, -0.15) is 0 Å². The number of ether oxygens (including phenoxy) is 2.